The van der Waals surface area contributed by atoms with Gasteiger partial charge in [-0.25, -0.2) is 4.68 Å². The third-order valence-corrected chi connectivity index (χ3v) is 8.13. The minimum Gasteiger partial charge on any atom is -0.489 e. The maximum Gasteiger partial charge on any atom is 0.312 e. The van der Waals surface area contributed by atoms with E-state index in [1.807, 2.05) is 33.0 Å². The molecule has 2 atom stereocenters. The van der Waals surface area contributed by atoms with Crippen LogP contribution in [0.1, 0.15) is 60.1 Å². The Labute approximate surface area is 230 Å². The highest BCUT2D eigenvalue weighted by molar-refractivity contribution is 5.82. The van der Waals surface area contributed by atoms with Gasteiger partial charge in [-0.3, -0.25) is 9.69 Å². The maximum atomic E-state index is 13.2. The third kappa shape index (κ3) is 5.03. The second-order valence-corrected chi connectivity index (χ2v) is 11.4. The number of benzene rings is 3. The molecular weight excluding hydrogens is 488 g/mol. The zero-order valence-electron chi connectivity index (χ0n) is 24.0. The first-order chi connectivity index (χ1) is 18.6. The summed E-state index contributed by atoms with van der Waals surface area (Å²) in [5.74, 6) is 0.485. The molecule has 0 N–H and O–H groups in total. The summed E-state index contributed by atoms with van der Waals surface area (Å²) in [6.45, 7) is 12.7. The minimum absolute atomic E-state index is 0.0875. The fourth-order valence-electron chi connectivity index (χ4n) is 6.00. The molecule has 0 saturated carbocycles. The molecule has 1 aliphatic heterocycles. The van der Waals surface area contributed by atoms with Gasteiger partial charge in [0.05, 0.1) is 18.0 Å². The molecule has 0 radical (unpaired) electrons. The number of methoxy groups -OCH3 is 1. The standard InChI is InChI=1S/C32H38N4O3/c1-20-12-13-23(16-25(20)19-36-17-21(2)39-28-11-9-8-10-24(28)18-36)29(32(4,5)31(37)38-7)26-14-15-27-30(22(26)3)33-34-35(27)6/h8-16,21,29H,17-19H2,1-7H3/t21-,29?/m1/s1. The van der Waals surface area contributed by atoms with E-state index in [9.17, 15) is 4.79 Å². The van der Waals surface area contributed by atoms with Crippen LogP contribution >= 0.6 is 0 Å². The van der Waals surface area contributed by atoms with E-state index in [-0.39, 0.29) is 18.0 Å². The van der Waals surface area contributed by atoms with Gasteiger partial charge in [0.1, 0.15) is 17.4 Å². The summed E-state index contributed by atoms with van der Waals surface area (Å²) in [7, 11) is 3.35. The number of para-hydroxylation sites is 1. The van der Waals surface area contributed by atoms with Crippen molar-refractivity contribution in [3.63, 3.8) is 0 Å². The topological polar surface area (TPSA) is 69.5 Å². The highest BCUT2D eigenvalue weighted by atomic mass is 16.5. The van der Waals surface area contributed by atoms with Crippen molar-refractivity contribution in [2.75, 3.05) is 13.7 Å². The maximum absolute atomic E-state index is 13.2. The van der Waals surface area contributed by atoms with E-state index in [1.165, 1.54) is 23.8 Å². The Kier molecular flexibility index (Phi) is 7.21. The predicted octanol–water partition coefficient (Wildman–Crippen LogP) is 5.70. The van der Waals surface area contributed by atoms with Crippen molar-refractivity contribution in [1.29, 1.82) is 0 Å². The number of esters is 1. The summed E-state index contributed by atoms with van der Waals surface area (Å²) < 4.78 is 13.3. The summed E-state index contributed by atoms with van der Waals surface area (Å²) >= 11 is 0. The van der Waals surface area contributed by atoms with Gasteiger partial charge in [-0.1, -0.05) is 47.7 Å². The number of nitrogens with zero attached hydrogens (tertiary/aromatic N) is 4. The molecule has 1 aromatic heterocycles. The van der Waals surface area contributed by atoms with Crippen molar-refractivity contribution < 1.29 is 14.3 Å². The summed E-state index contributed by atoms with van der Waals surface area (Å²) in [6.07, 6.45) is 0.0875. The third-order valence-electron chi connectivity index (χ3n) is 8.13. The van der Waals surface area contributed by atoms with Crippen LogP contribution in [0.4, 0.5) is 0 Å². The van der Waals surface area contributed by atoms with E-state index in [1.54, 1.807) is 4.68 Å². The Morgan fingerprint density at radius 3 is 2.69 bits per heavy atom. The van der Waals surface area contributed by atoms with Crippen molar-refractivity contribution >= 4 is 17.0 Å². The number of ether oxygens (including phenoxy) is 2. The number of carbonyl (C=O) groups excluding carboxylic acids is 1. The molecule has 0 bridgehead atoms. The van der Waals surface area contributed by atoms with Crippen LogP contribution in [-0.4, -0.2) is 45.6 Å². The van der Waals surface area contributed by atoms with Crippen molar-refractivity contribution in [3.8, 4) is 5.75 Å². The highest BCUT2D eigenvalue weighted by Crippen LogP contribution is 2.44. The number of aryl methyl sites for hydroxylation is 3. The molecule has 0 aliphatic carbocycles. The van der Waals surface area contributed by atoms with Gasteiger partial charge in [-0.05, 0) is 74.6 Å². The molecule has 0 fully saturated rings. The van der Waals surface area contributed by atoms with Crippen molar-refractivity contribution in [3.05, 3.63) is 88.0 Å². The number of rotatable bonds is 6. The molecule has 4 aromatic rings. The van der Waals surface area contributed by atoms with Crippen molar-refractivity contribution in [1.82, 2.24) is 19.9 Å². The first-order valence-corrected chi connectivity index (χ1v) is 13.5. The summed E-state index contributed by atoms with van der Waals surface area (Å²) in [5, 5.41) is 8.65. The Morgan fingerprint density at radius 1 is 1.15 bits per heavy atom. The Balaban J connectivity index is 1.57. The molecule has 3 aromatic carbocycles. The number of carbonyl (C=O) groups is 1. The highest BCUT2D eigenvalue weighted by Gasteiger charge is 2.41. The molecule has 7 nitrogen and oxygen atoms in total. The lowest BCUT2D eigenvalue weighted by molar-refractivity contribution is -0.151. The smallest absolute Gasteiger partial charge is 0.312 e. The molecule has 2 heterocycles. The van der Waals surface area contributed by atoms with Crippen LogP contribution in [-0.2, 0) is 29.7 Å². The van der Waals surface area contributed by atoms with Crippen LogP contribution < -0.4 is 4.74 Å². The minimum atomic E-state index is -0.814. The molecule has 204 valence electrons. The van der Waals surface area contributed by atoms with Crippen LogP contribution in [0.5, 0.6) is 5.75 Å². The predicted molar refractivity (Wildman–Crippen MR) is 153 cm³/mol. The molecule has 1 aliphatic rings. The zero-order valence-corrected chi connectivity index (χ0v) is 24.0. The summed E-state index contributed by atoms with van der Waals surface area (Å²) in [5.41, 5.74) is 7.83. The van der Waals surface area contributed by atoms with Crippen LogP contribution in [0.25, 0.3) is 11.0 Å². The lowest BCUT2D eigenvalue weighted by atomic mass is 9.69. The number of hydrogen-bond donors (Lipinski definition) is 0. The molecule has 1 unspecified atom stereocenters. The van der Waals surface area contributed by atoms with E-state index < -0.39 is 5.41 Å². The number of aromatic nitrogens is 3. The van der Waals surface area contributed by atoms with Crippen LogP contribution in [0.15, 0.2) is 54.6 Å². The van der Waals surface area contributed by atoms with E-state index in [4.69, 9.17) is 9.47 Å². The largest absolute Gasteiger partial charge is 0.489 e. The van der Waals surface area contributed by atoms with Gasteiger partial charge < -0.3 is 9.47 Å². The van der Waals surface area contributed by atoms with Crippen LogP contribution in [0.2, 0.25) is 0 Å². The number of fused-ring (bicyclic) bond motifs is 2. The molecule has 0 spiro atoms. The van der Waals surface area contributed by atoms with E-state index in [2.05, 4.69) is 78.4 Å². The van der Waals surface area contributed by atoms with Gasteiger partial charge in [-0.2, -0.15) is 0 Å². The average molecular weight is 527 g/mol. The van der Waals surface area contributed by atoms with E-state index >= 15 is 0 Å². The van der Waals surface area contributed by atoms with Crippen molar-refractivity contribution in [2.45, 2.75) is 59.7 Å². The van der Waals surface area contributed by atoms with Gasteiger partial charge in [0.15, 0.2) is 0 Å². The molecule has 39 heavy (non-hydrogen) atoms. The monoisotopic (exact) mass is 526 g/mol. The van der Waals surface area contributed by atoms with Gasteiger partial charge in [0, 0.05) is 38.2 Å². The second kappa shape index (κ2) is 10.5. The lowest BCUT2D eigenvalue weighted by Gasteiger charge is -2.34. The molecular formula is C32H38N4O3. The lowest BCUT2D eigenvalue weighted by Crippen LogP contribution is -2.34. The van der Waals surface area contributed by atoms with Gasteiger partial charge in [0.25, 0.3) is 0 Å². The normalized spacial score (nSPS) is 16.8. The Morgan fingerprint density at radius 2 is 1.92 bits per heavy atom. The van der Waals surface area contributed by atoms with Crippen molar-refractivity contribution in [2.24, 2.45) is 12.5 Å². The summed E-state index contributed by atoms with van der Waals surface area (Å²) in [6, 6.07) is 19.0. The second-order valence-electron chi connectivity index (χ2n) is 11.4. The van der Waals surface area contributed by atoms with Gasteiger partial charge >= 0.3 is 5.97 Å². The molecule has 0 saturated heterocycles. The SMILES string of the molecule is COC(=O)C(C)(C)C(c1ccc(C)c(CN2Cc3ccccc3O[C@H](C)C2)c1)c1ccc2c(nnn2C)c1C. The molecule has 0 amide bonds. The summed E-state index contributed by atoms with van der Waals surface area (Å²) in [4.78, 5) is 15.6. The number of hydrogen-bond acceptors (Lipinski definition) is 6. The van der Waals surface area contributed by atoms with Crippen LogP contribution in [0.3, 0.4) is 0 Å². The fraction of sp³-hybridized carbons (Fsp3) is 0.406. The fourth-order valence-corrected chi connectivity index (χ4v) is 6.00. The quantitative estimate of drug-likeness (QED) is 0.300. The van der Waals surface area contributed by atoms with Gasteiger partial charge in [0.2, 0.25) is 0 Å². The Bertz CT molecular complexity index is 1520. The average Bonchev–Trinajstić information content (AvgIpc) is 3.20. The van der Waals surface area contributed by atoms with E-state index in [0.29, 0.717) is 0 Å². The van der Waals surface area contributed by atoms with E-state index in [0.717, 1.165) is 53.1 Å². The molecule has 7 heteroatoms. The van der Waals surface area contributed by atoms with Crippen LogP contribution in [0, 0.1) is 19.3 Å². The van der Waals surface area contributed by atoms with Gasteiger partial charge in [-0.15, -0.1) is 5.10 Å². The Hall–Kier alpha value is -3.71. The first-order valence-electron chi connectivity index (χ1n) is 13.5. The molecule has 5 rings (SSSR count). The first kappa shape index (κ1) is 26.9. The zero-order chi connectivity index (χ0) is 27.9.